The number of Topliss-reactive ketones (excluding diaryl/α,β-unsaturated/α-hetero) is 1. The molecule has 0 radical (unpaired) electrons. The number of benzene rings is 2. The Hall–Kier alpha value is -2.82. The van der Waals surface area contributed by atoms with Gasteiger partial charge in [0.15, 0.2) is 12.4 Å². The average Bonchev–Trinajstić information content (AvgIpc) is 3.17. The van der Waals surface area contributed by atoms with Crippen molar-refractivity contribution in [1.82, 2.24) is 10.2 Å². The third kappa shape index (κ3) is 6.29. The van der Waals surface area contributed by atoms with Crippen LogP contribution in [0.5, 0.6) is 0 Å². The maximum absolute atomic E-state index is 12.8. The van der Waals surface area contributed by atoms with E-state index in [1.54, 1.807) is 0 Å². The Kier molecular flexibility index (Phi) is 8.71. The molecular weight excluding hydrogens is 509 g/mol. The van der Waals surface area contributed by atoms with Crippen molar-refractivity contribution in [2.75, 3.05) is 50.9 Å². The lowest BCUT2D eigenvalue weighted by atomic mass is 10.1. The highest BCUT2D eigenvalue weighted by molar-refractivity contribution is 6.42. The molecule has 2 aliphatic heterocycles. The van der Waals surface area contributed by atoms with Crippen molar-refractivity contribution in [3.63, 3.8) is 0 Å². The number of anilines is 1. The summed E-state index contributed by atoms with van der Waals surface area (Å²) >= 11 is 11.8. The second-order valence-electron chi connectivity index (χ2n) is 8.41. The molecule has 4 rings (SSSR count). The number of amides is 2. The number of ether oxygens (including phenoxy) is 2. The molecule has 0 saturated carbocycles. The Balaban J connectivity index is 1.29. The first kappa shape index (κ1) is 26.2. The van der Waals surface area contributed by atoms with Crippen LogP contribution in [0.4, 0.5) is 5.69 Å². The number of carbonyl (C=O) groups is 4. The molecule has 2 aromatic carbocycles. The molecule has 2 aliphatic rings. The number of nitrogens with zero attached hydrogens (tertiary/aromatic N) is 2. The number of ketones is 1. The van der Waals surface area contributed by atoms with E-state index in [9.17, 15) is 19.2 Å². The van der Waals surface area contributed by atoms with Crippen LogP contribution in [0.15, 0.2) is 42.5 Å². The van der Waals surface area contributed by atoms with Crippen LogP contribution in [0.3, 0.4) is 0 Å². The van der Waals surface area contributed by atoms with E-state index < -0.39 is 24.4 Å². The van der Waals surface area contributed by atoms with Crippen LogP contribution in [0.1, 0.15) is 27.1 Å². The Morgan fingerprint density at radius 3 is 2.39 bits per heavy atom. The molecule has 0 bridgehead atoms. The first-order valence-corrected chi connectivity index (χ1v) is 12.2. The zero-order valence-electron chi connectivity index (χ0n) is 19.4. The van der Waals surface area contributed by atoms with Crippen molar-refractivity contribution in [2.45, 2.75) is 12.5 Å². The van der Waals surface area contributed by atoms with Gasteiger partial charge in [0, 0.05) is 31.7 Å². The first-order chi connectivity index (χ1) is 17.3. The number of nitrogens with one attached hydrogen (secondary N) is 1. The average molecular weight is 534 g/mol. The number of rotatable bonds is 9. The van der Waals surface area contributed by atoms with Gasteiger partial charge in [0.1, 0.15) is 0 Å². The molecule has 2 fully saturated rings. The standard InChI is InChI=1S/C25H25Cl2N3O6/c26-19-6-3-17(13-20(19)27)22(31)15-36-25(34)16-1-4-18(5-2-16)30-23(32)14-21(24(30)33)28-7-8-29-9-11-35-12-10-29/h1-6,13,21,28H,7-12,14-15H2. The van der Waals surface area contributed by atoms with Crippen LogP contribution >= 0.6 is 23.2 Å². The zero-order valence-corrected chi connectivity index (χ0v) is 20.9. The van der Waals surface area contributed by atoms with Crippen molar-refractivity contribution in [3.05, 3.63) is 63.6 Å². The van der Waals surface area contributed by atoms with E-state index in [1.807, 2.05) is 0 Å². The van der Waals surface area contributed by atoms with Gasteiger partial charge in [-0.25, -0.2) is 9.69 Å². The molecule has 1 atom stereocenters. The van der Waals surface area contributed by atoms with Crippen molar-refractivity contribution in [3.8, 4) is 0 Å². The van der Waals surface area contributed by atoms with Crippen molar-refractivity contribution in [2.24, 2.45) is 0 Å². The van der Waals surface area contributed by atoms with Gasteiger partial charge in [0.2, 0.25) is 5.91 Å². The molecule has 9 nitrogen and oxygen atoms in total. The molecular formula is C25H25Cl2N3O6. The Morgan fingerprint density at radius 2 is 1.69 bits per heavy atom. The van der Waals surface area contributed by atoms with Gasteiger partial charge in [-0.3, -0.25) is 19.3 Å². The second kappa shape index (κ2) is 11.9. The number of morpholine rings is 1. The minimum Gasteiger partial charge on any atom is -0.454 e. The molecule has 1 unspecified atom stereocenters. The Labute approximate surface area is 218 Å². The van der Waals surface area contributed by atoms with Gasteiger partial charge in [0.05, 0.1) is 47.0 Å². The lowest BCUT2D eigenvalue weighted by Crippen LogP contribution is -2.44. The van der Waals surface area contributed by atoms with Gasteiger partial charge in [-0.2, -0.15) is 0 Å². The largest absolute Gasteiger partial charge is 0.454 e. The minimum absolute atomic E-state index is 0.0720. The number of hydrogen-bond donors (Lipinski definition) is 1. The summed E-state index contributed by atoms with van der Waals surface area (Å²) in [6.45, 7) is 3.99. The van der Waals surface area contributed by atoms with E-state index in [1.165, 1.54) is 42.5 Å². The number of esters is 1. The summed E-state index contributed by atoms with van der Waals surface area (Å²) in [7, 11) is 0. The van der Waals surface area contributed by atoms with Gasteiger partial charge in [-0.15, -0.1) is 0 Å². The highest BCUT2D eigenvalue weighted by Crippen LogP contribution is 2.24. The summed E-state index contributed by atoms with van der Waals surface area (Å²) in [6.07, 6.45) is 0.0720. The lowest BCUT2D eigenvalue weighted by molar-refractivity contribution is -0.121. The van der Waals surface area contributed by atoms with E-state index in [0.29, 0.717) is 30.5 Å². The van der Waals surface area contributed by atoms with Crippen LogP contribution in [-0.2, 0) is 19.1 Å². The molecule has 0 aliphatic carbocycles. The molecule has 0 spiro atoms. The minimum atomic E-state index is -0.711. The van der Waals surface area contributed by atoms with Crippen LogP contribution in [0.2, 0.25) is 10.0 Å². The van der Waals surface area contributed by atoms with Crippen molar-refractivity contribution in [1.29, 1.82) is 0 Å². The number of carbonyl (C=O) groups excluding carboxylic acids is 4. The van der Waals surface area contributed by atoms with Gasteiger partial charge >= 0.3 is 5.97 Å². The quantitative estimate of drug-likeness (QED) is 0.298. The fourth-order valence-electron chi connectivity index (χ4n) is 4.00. The summed E-state index contributed by atoms with van der Waals surface area (Å²) in [5, 5.41) is 3.71. The third-order valence-corrected chi connectivity index (χ3v) is 6.75. The maximum atomic E-state index is 12.8. The zero-order chi connectivity index (χ0) is 25.7. The molecule has 190 valence electrons. The Bertz CT molecular complexity index is 1150. The number of halogens is 2. The topological polar surface area (TPSA) is 105 Å². The molecule has 2 heterocycles. The predicted molar refractivity (Wildman–Crippen MR) is 134 cm³/mol. The van der Waals surface area contributed by atoms with Crippen LogP contribution in [0.25, 0.3) is 0 Å². The molecule has 2 saturated heterocycles. The normalized spacial score (nSPS) is 18.5. The maximum Gasteiger partial charge on any atom is 0.338 e. The highest BCUT2D eigenvalue weighted by atomic mass is 35.5. The predicted octanol–water partition coefficient (Wildman–Crippen LogP) is 2.59. The van der Waals surface area contributed by atoms with Gasteiger partial charge in [0.25, 0.3) is 5.91 Å². The highest BCUT2D eigenvalue weighted by Gasteiger charge is 2.39. The lowest BCUT2D eigenvalue weighted by Gasteiger charge is -2.27. The monoisotopic (exact) mass is 533 g/mol. The summed E-state index contributed by atoms with van der Waals surface area (Å²) in [5.41, 5.74) is 0.817. The number of hydrogen-bond acceptors (Lipinski definition) is 8. The molecule has 2 amide bonds. The Morgan fingerprint density at radius 1 is 1.00 bits per heavy atom. The van der Waals surface area contributed by atoms with Crippen molar-refractivity contribution >= 4 is 52.5 Å². The summed E-state index contributed by atoms with van der Waals surface area (Å²) in [6, 6.07) is 9.70. The summed E-state index contributed by atoms with van der Waals surface area (Å²) < 4.78 is 10.4. The second-order valence-corrected chi connectivity index (χ2v) is 9.22. The number of imide groups is 1. The molecule has 36 heavy (non-hydrogen) atoms. The third-order valence-electron chi connectivity index (χ3n) is 6.01. The van der Waals surface area contributed by atoms with Crippen LogP contribution in [-0.4, -0.2) is 80.5 Å². The fourth-order valence-corrected chi connectivity index (χ4v) is 4.30. The molecule has 0 aromatic heterocycles. The van der Waals surface area contributed by atoms with E-state index in [-0.39, 0.29) is 34.4 Å². The summed E-state index contributed by atoms with van der Waals surface area (Å²) in [5.74, 6) is -1.79. The fraction of sp³-hybridized carbons (Fsp3) is 0.360. The first-order valence-electron chi connectivity index (χ1n) is 11.5. The molecule has 2 aromatic rings. The smallest absolute Gasteiger partial charge is 0.338 e. The molecule has 1 N–H and O–H groups in total. The molecule has 11 heteroatoms. The van der Waals surface area contributed by atoms with Crippen LogP contribution in [0, 0.1) is 0 Å². The van der Waals surface area contributed by atoms with Gasteiger partial charge < -0.3 is 14.8 Å². The summed E-state index contributed by atoms with van der Waals surface area (Å²) in [4.78, 5) is 53.4. The van der Waals surface area contributed by atoms with E-state index in [4.69, 9.17) is 32.7 Å². The van der Waals surface area contributed by atoms with E-state index >= 15 is 0 Å². The van der Waals surface area contributed by atoms with E-state index in [0.717, 1.165) is 24.5 Å². The van der Waals surface area contributed by atoms with Crippen molar-refractivity contribution < 1.29 is 28.7 Å². The van der Waals surface area contributed by atoms with Gasteiger partial charge in [-0.1, -0.05) is 23.2 Å². The van der Waals surface area contributed by atoms with Crippen LogP contribution < -0.4 is 10.2 Å². The SMILES string of the molecule is O=C(COC(=O)c1ccc(N2C(=O)CC(NCCN3CCOCC3)C2=O)cc1)c1ccc(Cl)c(Cl)c1. The van der Waals surface area contributed by atoms with E-state index in [2.05, 4.69) is 10.2 Å². The van der Waals surface area contributed by atoms with Gasteiger partial charge in [-0.05, 0) is 42.5 Å².